The fourth-order valence-electron chi connectivity index (χ4n) is 2.72. The Balaban J connectivity index is 1.75. The fourth-order valence-corrected chi connectivity index (χ4v) is 2.72. The molecule has 0 fully saturated rings. The van der Waals surface area contributed by atoms with Crippen molar-refractivity contribution in [3.8, 4) is 5.75 Å². The maximum Gasteiger partial charge on any atom is 0.407 e. The van der Waals surface area contributed by atoms with Gasteiger partial charge in [0.05, 0.1) is 6.04 Å². The predicted molar refractivity (Wildman–Crippen MR) is 90.7 cm³/mol. The van der Waals surface area contributed by atoms with Crippen molar-refractivity contribution < 1.29 is 14.3 Å². The number of alkyl carbamates (subject to hydrolysis) is 1. The lowest BCUT2D eigenvalue weighted by molar-refractivity contribution is 0.0526. The summed E-state index contributed by atoms with van der Waals surface area (Å²) in [5.41, 5.74) is 0.456. The van der Waals surface area contributed by atoms with E-state index in [4.69, 9.17) is 9.47 Å². The first-order chi connectivity index (χ1) is 10.7. The number of ether oxygens (including phenoxy) is 2. The number of benzene rings is 1. The van der Waals surface area contributed by atoms with Gasteiger partial charge in [-0.2, -0.15) is 0 Å². The standard InChI is InChI=1S/C18H28N2O3/c1-17(2,3)23-16(21)20-12-8-11-19-15-13-9-6-7-10-14(13)22-18(15,4)5/h6-7,9-10,15,19H,8,11-12H2,1-5H3,(H,20,21). The molecular formula is C18H28N2O3. The summed E-state index contributed by atoms with van der Waals surface area (Å²) in [4.78, 5) is 11.6. The summed E-state index contributed by atoms with van der Waals surface area (Å²) in [6.45, 7) is 11.1. The van der Waals surface area contributed by atoms with Crippen LogP contribution in [0.4, 0.5) is 4.79 Å². The van der Waals surface area contributed by atoms with Crippen LogP contribution in [-0.2, 0) is 4.74 Å². The van der Waals surface area contributed by atoms with Gasteiger partial charge in [-0.1, -0.05) is 18.2 Å². The molecule has 0 saturated carbocycles. The highest BCUT2D eigenvalue weighted by Crippen LogP contribution is 2.42. The van der Waals surface area contributed by atoms with Crippen LogP contribution in [0, 0.1) is 0 Å². The molecule has 1 unspecified atom stereocenters. The van der Waals surface area contributed by atoms with Crippen molar-refractivity contribution in [3.63, 3.8) is 0 Å². The van der Waals surface area contributed by atoms with Gasteiger partial charge in [0.25, 0.3) is 0 Å². The van der Waals surface area contributed by atoms with Crippen LogP contribution in [0.3, 0.4) is 0 Å². The van der Waals surface area contributed by atoms with Gasteiger partial charge in [0.2, 0.25) is 0 Å². The van der Waals surface area contributed by atoms with Gasteiger partial charge in [0.1, 0.15) is 17.0 Å². The average Bonchev–Trinajstić information content (AvgIpc) is 2.66. The molecule has 1 heterocycles. The topological polar surface area (TPSA) is 59.6 Å². The van der Waals surface area contributed by atoms with Gasteiger partial charge >= 0.3 is 6.09 Å². The van der Waals surface area contributed by atoms with E-state index in [1.165, 1.54) is 5.56 Å². The third kappa shape index (κ3) is 4.86. The Morgan fingerprint density at radius 1 is 1.26 bits per heavy atom. The van der Waals surface area contributed by atoms with E-state index in [9.17, 15) is 4.79 Å². The number of rotatable bonds is 5. The summed E-state index contributed by atoms with van der Waals surface area (Å²) >= 11 is 0. The molecule has 23 heavy (non-hydrogen) atoms. The van der Waals surface area contributed by atoms with Crippen LogP contribution < -0.4 is 15.4 Å². The van der Waals surface area contributed by atoms with Crippen molar-refractivity contribution in [1.82, 2.24) is 10.6 Å². The Bertz CT molecular complexity index is 549. The van der Waals surface area contributed by atoms with Crippen LogP contribution in [-0.4, -0.2) is 30.4 Å². The van der Waals surface area contributed by atoms with Crippen LogP contribution in [0.2, 0.25) is 0 Å². The van der Waals surface area contributed by atoms with Gasteiger partial charge in [-0.3, -0.25) is 0 Å². The Hall–Kier alpha value is -1.75. The molecule has 0 radical (unpaired) electrons. The molecule has 1 aliphatic heterocycles. The molecule has 0 aromatic heterocycles. The summed E-state index contributed by atoms with van der Waals surface area (Å²) in [6.07, 6.45) is 0.459. The molecule has 1 aliphatic rings. The second-order valence-electron chi connectivity index (χ2n) is 7.41. The molecule has 1 aromatic carbocycles. The lowest BCUT2D eigenvalue weighted by atomic mass is 9.94. The van der Waals surface area contributed by atoms with Crippen molar-refractivity contribution in [2.75, 3.05) is 13.1 Å². The monoisotopic (exact) mass is 320 g/mol. The molecule has 2 rings (SSSR count). The number of fused-ring (bicyclic) bond motifs is 1. The van der Waals surface area contributed by atoms with E-state index in [-0.39, 0.29) is 17.7 Å². The summed E-state index contributed by atoms with van der Waals surface area (Å²) in [5.74, 6) is 0.946. The molecule has 0 aliphatic carbocycles. The highest BCUT2D eigenvalue weighted by molar-refractivity contribution is 5.67. The Morgan fingerprint density at radius 2 is 1.96 bits per heavy atom. The van der Waals surface area contributed by atoms with Gasteiger partial charge in [-0.25, -0.2) is 4.79 Å². The molecule has 1 amide bonds. The summed E-state index contributed by atoms with van der Waals surface area (Å²) in [5, 5.41) is 6.30. The average molecular weight is 320 g/mol. The van der Waals surface area contributed by atoms with Crippen LogP contribution in [0.1, 0.15) is 52.6 Å². The van der Waals surface area contributed by atoms with E-state index in [1.807, 2.05) is 39.0 Å². The molecule has 1 atom stereocenters. The number of carbonyl (C=O) groups excluding carboxylic acids is 1. The van der Waals surface area contributed by atoms with Crippen LogP contribution in [0.25, 0.3) is 0 Å². The summed E-state index contributed by atoms with van der Waals surface area (Å²) < 4.78 is 11.2. The van der Waals surface area contributed by atoms with Crippen molar-refractivity contribution in [2.45, 2.75) is 58.3 Å². The van der Waals surface area contributed by atoms with Gasteiger partial charge in [0.15, 0.2) is 0 Å². The maximum atomic E-state index is 11.6. The number of hydrogen-bond acceptors (Lipinski definition) is 4. The Labute approximate surface area is 138 Å². The van der Waals surface area contributed by atoms with E-state index in [2.05, 4.69) is 30.5 Å². The van der Waals surface area contributed by atoms with Crippen LogP contribution in [0.5, 0.6) is 5.75 Å². The van der Waals surface area contributed by atoms with E-state index in [1.54, 1.807) is 0 Å². The minimum Gasteiger partial charge on any atom is -0.486 e. The zero-order valence-corrected chi connectivity index (χ0v) is 14.7. The largest absolute Gasteiger partial charge is 0.486 e. The Kier molecular flexibility index (Phi) is 5.19. The van der Waals surface area contributed by atoms with E-state index < -0.39 is 5.60 Å². The first-order valence-corrected chi connectivity index (χ1v) is 8.17. The number of nitrogens with one attached hydrogen (secondary N) is 2. The smallest absolute Gasteiger partial charge is 0.407 e. The van der Waals surface area contributed by atoms with E-state index in [0.717, 1.165) is 18.7 Å². The highest BCUT2D eigenvalue weighted by atomic mass is 16.6. The van der Waals surface area contributed by atoms with Gasteiger partial charge in [-0.05, 0) is 53.7 Å². The molecule has 0 bridgehead atoms. The molecule has 1 aromatic rings. The fraction of sp³-hybridized carbons (Fsp3) is 0.611. The molecule has 0 saturated heterocycles. The van der Waals surface area contributed by atoms with Crippen molar-refractivity contribution in [3.05, 3.63) is 29.8 Å². The van der Waals surface area contributed by atoms with Crippen LogP contribution in [0.15, 0.2) is 24.3 Å². The molecule has 0 spiro atoms. The minimum atomic E-state index is -0.461. The quantitative estimate of drug-likeness (QED) is 0.816. The third-order valence-electron chi connectivity index (χ3n) is 3.67. The first-order valence-electron chi connectivity index (χ1n) is 8.17. The number of carbonyl (C=O) groups is 1. The first kappa shape index (κ1) is 17.6. The molecular weight excluding hydrogens is 292 g/mol. The highest BCUT2D eigenvalue weighted by Gasteiger charge is 2.40. The minimum absolute atomic E-state index is 0.153. The molecule has 5 nitrogen and oxygen atoms in total. The second kappa shape index (κ2) is 6.79. The van der Waals surface area contributed by atoms with Gasteiger partial charge < -0.3 is 20.1 Å². The van der Waals surface area contributed by atoms with Crippen molar-refractivity contribution in [2.24, 2.45) is 0 Å². The second-order valence-corrected chi connectivity index (χ2v) is 7.41. The summed E-state index contributed by atoms with van der Waals surface area (Å²) in [7, 11) is 0. The Morgan fingerprint density at radius 3 is 2.65 bits per heavy atom. The third-order valence-corrected chi connectivity index (χ3v) is 3.67. The van der Waals surface area contributed by atoms with Crippen molar-refractivity contribution >= 4 is 6.09 Å². The van der Waals surface area contributed by atoms with Crippen molar-refractivity contribution in [1.29, 1.82) is 0 Å². The molecule has 128 valence electrons. The SMILES string of the molecule is CC(C)(C)OC(=O)NCCCNC1c2ccccc2OC1(C)C. The lowest BCUT2D eigenvalue weighted by Crippen LogP contribution is -2.40. The number of amides is 1. The zero-order valence-electron chi connectivity index (χ0n) is 14.7. The van der Waals surface area contributed by atoms with E-state index >= 15 is 0 Å². The van der Waals surface area contributed by atoms with E-state index in [0.29, 0.717) is 6.54 Å². The van der Waals surface area contributed by atoms with Gasteiger partial charge in [-0.15, -0.1) is 0 Å². The van der Waals surface area contributed by atoms with Crippen LogP contribution >= 0.6 is 0 Å². The normalized spacial score (nSPS) is 18.9. The number of para-hydroxylation sites is 1. The summed E-state index contributed by atoms with van der Waals surface area (Å²) in [6, 6.07) is 8.27. The molecule has 2 N–H and O–H groups in total. The maximum absolute atomic E-state index is 11.6. The molecule has 5 heteroatoms. The number of hydrogen-bond donors (Lipinski definition) is 2. The van der Waals surface area contributed by atoms with Gasteiger partial charge in [0, 0.05) is 12.1 Å². The predicted octanol–water partition coefficient (Wildman–Crippen LogP) is 3.40. The zero-order chi connectivity index (χ0) is 17.1. The lowest BCUT2D eigenvalue weighted by Gasteiger charge is -2.27.